The van der Waals surface area contributed by atoms with Gasteiger partial charge in [-0.25, -0.2) is 18.6 Å². The van der Waals surface area contributed by atoms with Crippen molar-refractivity contribution in [2.45, 2.75) is 64.1 Å². The molecule has 1 aromatic carbocycles. The summed E-state index contributed by atoms with van der Waals surface area (Å²) in [7, 11) is 1.82. The average molecular weight is 508 g/mol. The van der Waals surface area contributed by atoms with E-state index >= 15 is 0 Å². The highest BCUT2D eigenvalue weighted by molar-refractivity contribution is 7.59. The maximum Gasteiger partial charge on any atom is 0.319 e. The molecule has 3 amide bonds. The molecule has 4 N–H and O–H groups in total. The number of nitrogens with one attached hydrogen (secondary N) is 4. The zero-order valence-corrected chi connectivity index (χ0v) is 20.9. The second-order valence-electron chi connectivity index (χ2n) is 8.89. The molecule has 2 aliphatic rings. The topological polar surface area (TPSA) is 111 Å². The first-order valence-electron chi connectivity index (χ1n) is 11.3. The van der Waals surface area contributed by atoms with Crippen LogP contribution in [0.15, 0.2) is 24.3 Å². The molecule has 4 rings (SSSR count). The zero-order valence-electron chi connectivity index (χ0n) is 19.9. The molecule has 0 unspecified atom stereocenters. The molecule has 1 atom stereocenters. The van der Waals surface area contributed by atoms with E-state index in [0.717, 1.165) is 5.56 Å². The van der Waals surface area contributed by atoms with Gasteiger partial charge in [-0.1, -0.05) is 12.1 Å². The number of halogens is 2. The normalized spacial score (nSPS) is 19.2. The molecule has 1 fully saturated rings. The minimum atomic E-state index is -2.62. The third-order valence-electron chi connectivity index (χ3n) is 6.33. The number of likely N-dealkylation sites (N-methyl/N-ethyl adjacent to an activating group) is 1. The molecule has 12 heteroatoms. The molecule has 0 bridgehead atoms. The van der Waals surface area contributed by atoms with Gasteiger partial charge < -0.3 is 26.2 Å². The number of urea groups is 1. The molecular weight excluding hydrogens is 476 g/mol. The number of aryl methyl sites for hydroxylation is 1. The number of benzene rings is 1. The largest absolute Gasteiger partial charge is 0.350 e. The van der Waals surface area contributed by atoms with Crippen LogP contribution >= 0.6 is 13.5 Å². The summed E-state index contributed by atoms with van der Waals surface area (Å²) in [5, 5.41) is 11.6. The van der Waals surface area contributed by atoms with E-state index in [9.17, 15) is 18.4 Å². The van der Waals surface area contributed by atoms with Crippen LogP contribution in [0.1, 0.15) is 43.9 Å². The van der Waals surface area contributed by atoms with E-state index in [1.54, 1.807) is 12.1 Å². The Kier molecular flexibility index (Phi) is 8.04. The Labute approximate surface area is 209 Å². The number of aromatic nitrogens is 2. The van der Waals surface area contributed by atoms with Gasteiger partial charge in [-0.2, -0.15) is 18.5 Å². The van der Waals surface area contributed by atoms with Gasteiger partial charge in [-0.15, -0.1) is 0 Å². The molecule has 2 heterocycles. The van der Waals surface area contributed by atoms with E-state index in [0.29, 0.717) is 35.4 Å². The Morgan fingerprint density at radius 1 is 1.20 bits per heavy atom. The average Bonchev–Trinajstić information content (AvgIpc) is 2.79. The summed E-state index contributed by atoms with van der Waals surface area (Å²) in [4.78, 5) is 35.1. The fourth-order valence-electron chi connectivity index (χ4n) is 4.05. The van der Waals surface area contributed by atoms with Gasteiger partial charge in [0.2, 0.25) is 17.8 Å². The molecule has 0 spiro atoms. The Hall–Kier alpha value is -3.15. The number of carbonyl (C=O) groups excluding carboxylic acids is 2. The first-order valence-corrected chi connectivity index (χ1v) is 11.3. The van der Waals surface area contributed by atoms with Gasteiger partial charge in [-0.05, 0) is 44.4 Å². The predicted octanol–water partition coefficient (Wildman–Crippen LogP) is 3.99. The molecule has 1 saturated carbocycles. The van der Waals surface area contributed by atoms with Crippen LogP contribution in [0.2, 0.25) is 0 Å². The zero-order chi connectivity index (χ0) is 24.5. The predicted molar refractivity (Wildman–Crippen MR) is 137 cm³/mol. The number of amides is 3. The maximum absolute atomic E-state index is 13.3. The Bertz CT molecular complexity index is 1070. The van der Waals surface area contributed by atoms with Crippen LogP contribution in [0.4, 0.5) is 36.7 Å². The highest BCUT2D eigenvalue weighted by Crippen LogP contribution is 2.33. The fraction of sp³-hybridized carbons (Fsp3) is 0.478. The number of hydrogen-bond donors (Lipinski definition) is 4. The van der Waals surface area contributed by atoms with E-state index in [1.807, 2.05) is 37.9 Å². The quantitative estimate of drug-likeness (QED) is 0.487. The van der Waals surface area contributed by atoms with Gasteiger partial charge in [0.05, 0.1) is 5.69 Å². The summed E-state index contributed by atoms with van der Waals surface area (Å²) in [6.07, 6.45) is 0.154. The van der Waals surface area contributed by atoms with Crippen molar-refractivity contribution in [3.05, 3.63) is 35.5 Å². The molecule has 1 aromatic heterocycles. The van der Waals surface area contributed by atoms with Crippen LogP contribution in [-0.4, -0.2) is 47.0 Å². The SMILES string of the molecule is Cc1nc(NCc2ccc(NC(=O)NC3CCC(F)(F)CC3)cc2)nc2c1NC(=O)[C@H](C)N2C.S. The summed E-state index contributed by atoms with van der Waals surface area (Å²) in [5.41, 5.74) is 2.85. The van der Waals surface area contributed by atoms with Crippen LogP contribution in [-0.2, 0) is 11.3 Å². The Balaban J connectivity index is 0.00000342. The number of hydrogen-bond acceptors (Lipinski definition) is 6. The molecule has 0 radical (unpaired) electrons. The molecule has 1 aliphatic heterocycles. The minimum absolute atomic E-state index is 0. The lowest BCUT2D eigenvalue weighted by molar-refractivity contribution is -0.117. The third-order valence-corrected chi connectivity index (χ3v) is 6.33. The Morgan fingerprint density at radius 3 is 2.51 bits per heavy atom. The maximum atomic E-state index is 13.3. The van der Waals surface area contributed by atoms with Crippen molar-refractivity contribution in [3.8, 4) is 0 Å². The second-order valence-corrected chi connectivity index (χ2v) is 8.89. The molecule has 2 aromatic rings. The van der Waals surface area contributed by atoms with Crippen LogP contribution in [0.5, 0.6) is 0 Å². The standard InChI is InChI=1S/C23H29F2N7O2.H2S/c1-13-18-19(32(3)14(2)20(33)30-18)31-21(27-13)26-12-15-4-6-16(7-5-15)28-22(34)29-17-8-10-23(24,25)11-9-17;/h4-7,14,17H,8-12H2,1-3H3,(H,30,33)(H,26,27,31)(H2,28,29,34);1H2/t14-;/m0./s1. The van der Waals surface area contributed by atoms with Gasteiger partial charge in [0.1, 0.15) is 11.7 Å². The fourth-order valence-corrected chi connectivity index (χ4v) is 4.05. The third kappa shape index (κ3) is 6.30. The van der Waals surface area contributed by atoms with Crippen molar-refractivity contribution in [2.75, 3.05) is 27.9 Å². The van der Waals surface area contributed by atoms with Gasteiger partial charge in [-0.3, -0.25) is 4.79 Å². The number of anilines is 4. The van der Waals surface area contributed by atoms with E-state index in [1.165, 1.54) is 0 Å². The van der Waals surface area contributed by atoms with Crippen LogP contribution in [0, 0.1) is 6.92 Å². The highest BCUT2D eigenvalue weighted by Gasteiger charge is 2.35. The smallest absolute Gasteiger partial charge is 0.319 e. The van der Waals surface area contributed by atoms with E-state index in [4.69, 9.17) is 0 Å². The number of carbonyl (C=O) groups is 2. The molecule has 0 saturated heterocycles. The first-order chi connectivity index (χ1) is 16.1. The highest BCUT2D eigenvalue weighted by atomic mass is 32.1. The van der Waals surface area contributed by atoms with Crippen molar-refractivity contribution in [3.63, 3.8) is 0 Å². The van der Waals surface area contributed by atoms with Crippen molar-refractivity contribution < 1.29 is 18.4 Å². The van der Waals surface area contributed by atoms with E-state index in [2.05, 4.69) is 31.2 Å². The lowest BCUT2D eigenvalue weighted by Crippen LogP contribution is -2.44. The number of alkyl halides is 2. The summed E-state index contributed by atoms with van der Waals surface area (Å²) < 4.78 is 26.5. The Morgan fingerprint density at radius 2 is 1.86 bits per heavy atom. The van der Waals surface area contributed by atoms with Crippen molar-refractivity contribution >= 4 is 48.6 Å². The monoisotopic (exact) mass is 507 g/mol. The lowest BCUT2D eigenvalue weighted by Gasteiger charge is -2.32. The first kappa shape index (κ1) is 26.5. The summed E-state index contributed by atoms with van der Waals surface area (Å²) in [6, 6.07) is 6.31. The number of rotatable bonds is 5. The van der Waals surface area contributed by atoms with Gasteiger partial charge in [0.15, 0.2) is 5.82 Å². The second kappa shape index (κ2) is 10.6. The molecule has 35 heavy (non-hydrogen) atoms. The summed E-state index contributed by atoms with van der Waals surface area (Å²) in [6.45, 7) is 4.10. The van der Waals surface area contributed by atoms with Crippen LogP contribution in [0.25, 0.3) is 0 Å². The van der Waals surface area contributed by atoms with Crippen molar-refractivity contribution in [2.24, 2.45) is 0 Å². The van der Waals surface area contributed by atoms with Gasteiger partial charge in [0.25, 0.3) is 0 Å². The van der Waals surface area contributed by atoms with E-state index < -0.39 is 12.0 Å². The number of nitrogens with zero attached hydrogens (tertiary/aromatic N) is 3. The van der Waals surface area contributed by atoms with Crippen molar-refractivity contribution in [1.82, 2.24) is 15.3 Å². The number of fused-ring (bicyclic) bond motifs is 1. The molecule has 1 aliphatic carbocycles. The van der Waals surface area contributed by atoms with Gasteiger partial charge in [0, 0.05) is 38.2 Å². The molecule has 190 valence electrons. The van der Waals surface area contributed by atoms with Crippen molar-refractivity contribution in [1.29, 1.82) is 0 Å². The van der Waals surface area contributed by atoms with Crippen LogP contribution in [0.3, 0.4) is 0 Å². The molecular formula is C23H31F2N7O2S. The van der Waals surface area contributed by atoms with Crippen LogP contribution < -0.4 is 26.2 Å². The summed E-state index contributed by atoms with van der Waals surface area (Å²) in [5.74, 6) is -1.60. The molecule has 9 nitrogen and oxygen atoms in total. The summed E-state index contributed by atoms with van der Waals surface area (Å²) >= 11 is 0. The van der Waals surface area contributed by atoms with Gasteiger partial charge >= 0.3 is 6.03 Å². The minimum Gasteiger partial charge on any atom is -0.350 e. The lowest BCUT2D eigenvalue weighted by atomic mass is 9.92. The van der Waals surface area contributed by atoms with E-state index in [-0.39, 0.29) is 57.2 Å².